The van der Waals surface area contributed by atoms with E-state index in [9.17, 15) is 5.11 Å². The lowest BCUT2D eigenvalue weighted by molar-refractivity contribution is 0.170. The van der Waals surface area contributed by atoms with Gasteiger partial charge in [0.1, 0.15) is 0 Å². The Labute approximate surface area is 108 Å². The molecule has 0 aliphatic heterocycles. The molecule has 17 heavy (non-hydrogen) atoms. The second-order valence-corrected chi connectivity index (χ2v) is 4.28. The smallest absolute Gasteiger partial charge is 0.0803 e. The van der Waals surface area contributed by atoms with Crippen LogP contribution < -0.4 is 0 Å². The fourth-order valence-electron chi connectivity index (χ4n) is 1.44. The average molecular weight is 294 g/mol. The van der Waals surface area contributed by atoms with E-state index in [1.54, 1.807) is 6.92 Å². The molecule has 1 N–H and O–H groups in total. The van der Waals surface area contributed by atoms with Gasteiger partial charge in [-0.2, -0.15) is 0 Å². The molecule has 0 bridgehead atoms. The molecule has 1 aromatic carbocycles. The van der Waals surface area contributed by atoms with Crippen molar-refractivity contribution in [1.29, 1.82) is 0 Å². The first-order valence-electron chi connectivity index (χ1n) is 5.10. The molecule has 0 aliphatic rings. The predicted molar refractivity (Wildman–Crippen MR) is 70.3 cm³/mol. The van der Waals surface area contributed by atoms with Gasteiger partial charge in [0.25, 0.3) is 0 Å². The Kier molecular flexibility index (Phi) is 5.58. The summed E-state index contributed by atoms with van der Waals surface area (Å²) in [6.07, 6.45) is -0.285. The van der Waals surface area contributed by atoms with Crippen LogP contribution in [0, 0.1) is 11.8 Å². The summed E-state index contributed by atoms with van der Waals surface area (Å²) in [5.41, 5.74) is 9.73. The summed E-state index contributed by atoms with van der Waals surface area (Å²) in [6, 6.07) is 5.57. The first-order chi connectivity index (χ1) is 8.19. The molecule has 0 saturated carbocycles. The Morgan fingerprint density at radius 3 is 3.00 bits per heavy atom. The Bertz CT molecular complexity index is 498. The van der Waals surface area contributed by atoms with E-state index in [1.165, 1.54) is 0 Å². The Morgan fingerprint density at radius 2 is 2.35 bits per heavy atom. The van der Waals surface area contributed by atoms with Crippen molar-refractivity contribution < 1.29 is 5.11 Å². The van der Waals surface area contributed by atoms with Crippen LogP contribution in [0.25, 0.3) is 10.4 Å². The predicted octanol–water partition coefficient (Wildman–Crippen LogP) is 3.55. The minimum atomic E-state index is -0.672. The maximum Gasteiger partial charge on any atom is 0.0803 e. The molecular weight excluding hydrogens is 282 g/mol. The summed E-state index contributed by atoms with van der Waals surface area (Å²) in [5.74, 6) is 5.75. The summed E-state index contributed by atoms with van der Waals surface area (Å²) in [6.45, 7) is 2.02. The molecular formula is C12H12BrN3O. The Morgan fingerprint density at radius 1 is 1.59 bits per heavy atom. The molecule has 0 aliphatic carbocycles. The van der Waals surface area contributed by atoms with Crippen LogP contribution in [0.2, 0.25) is 0 Å². The highest BCUT2D eigenvalue weighted by atomic mass is 79.9. The van der Waals surface area contributed by atoms with Crippen molar-refractivity contribution in [3.63, 3.8) is 0 Å². The Balaban J connectivity index is 2.95. The molecule has 0 aromatic heterocycles. The number of rotatable bonds is 4. The lowest BCUT2D eigenvalue weighted by Gasteiger charge is -2.12. The quantitative estimate of drug-likeness (QED) is 0.392. The van der Waals surface area contributed by atoms with Crippen molar-refractivity contribution in [2.75, 3.05) is 6.54 Å². The lowest BCUT2D eigenvalue weighted by atomic mass is 10.0. The highest BCUT2D eigenvalue weighted by molar-refractivity contribution is 9.10. The van der Waals surface area contributed by atoms with Crippen molar-refractivity contribution in [3.8, 4) is 11.8 Å². The summed E-state index contributed by atoms with van der Waals surface area (Å²) < 4.78 is 0.886. The van der Waals surface area contributed by atoms with Gasteiger partial charge in [0, 0.05) is 21.5 Å². The van der Waals surface area contributed by atoms with Gasteiger partial charge in [-0.3, -0.25) is 0 Å². The van der Waals surface area contributed by atoms with Gasteiger partial charge in [0.05, 0.1) is 6.10 Å². The molecule has 5 heteroatoms. The van der Waals surface area contributed by atoms with Gasteiger partial charge in [-0.25, -0.2) is 0 Å². The number of hydrogen-bond donors (Lipinski definition) is 1. The van der Waals surface area contributed by atoms with Gasteiger partial charge >= 0.3 is 0 Å². The largest absolute Gasteiger partial charge is 0.388 e. The number of hydrogen-bond acceptors (Lipinski definition) is 2. The van der Waals surface area contributed by atoms with E-state index >= 15 is 0 Å². The van der Waals surface area contributed by atoms with Gasteiger partial charge in [0.15, 0.2) is 0 Å². The maximum atomic E-state index is 10.0. The van der Waals surface area contributed by atoms with Crippen molar-refractivity contribution in [2.24, 2.45) is 5.11 Å². The molecule has 0 saturated heterocycles. The zero-order valence-corrected chi connectivity index (χ0v) is 11.0. The number of aliphatic hydroxyl groups excluding tert-OH is 1. The van der Waals surface area contributed by atoms with Crippen molar-refractivity contribution in [3.05, 3.63) is 44.2 Å². The summed E-state index contributed by atoms with van der Waals surface area (Å²) in [7, 11) is 0. The van der Waals surface area contributed by atoms with Crippen LogP contribution in [0.15, 0.2) is 27.8 Å². The van der Waals surface area contributed by atoms with Crippen LogP contribution in [-0.2, 0) is 0 Å². The normalized spacial score (nSPS) is 11.0. The molecule has 0 amide bonds. The highest BCUT2D eigenvalue weighted by Crippen LogP contribution is 2.24. The van der Waals surface area contributed by atoms with Gasteiger partial charge in [-0.1, -0.05) is 27.0 Å². The number of nitrogens with zero attached hydrogens (tertiary/aromatic N) is 3. The summed E-state index contributed by atoms with van der Waals surface area (Å²) in [4.78, 5) is 2.65. The number of aliphatic hydroxyl groups is 1. The minimum Gasteiger partial charge on any atom is -0.388 e. The van der Waals surface area contributed by atoms with Crippen LogP contribution in [0.4, 0.5) is 0 Å². The molecule has 0 radical (unpaired) electrons. The molecule has 1 aromatic rings. The van der Waals surface area contributed by atoms with E-state index in [1.807, 2.05) is 18.2 Å². The number of benzene rings is 1. The van der Waals surface area contributed by atoms with Crippen molar-refractivity contribution in [1.82, 2.24) is 0 Å². The summed E-state index contributed by atoms with van der Waals surface area (Å²) >= 11 is 3.36. The highest BCUT2D eigenvalue weighted by Gasteiger charge is 2.11. The molecule has 0 fully saturated rings. The van der Waals surface area contributed by atoms with E-state index in [-0.39, 0.29) is 6.54 Å². The van der Waals surface area contributed by atoms with Gasteiger partial charge in [-0.05, 0) is 42.6 Å². The van der Waals surface area contributed by atoms with Gasteiger partial charge in [-0.15, -0.1) is 5.92 Å². The van der Waals surface area contributed by atoms with E-state index in [0.29, 0.717) is 6.42 Å². The van der Waals surface area contributed by atoms with Crippen molar-refractivity contribution >= 4 is 15.9 Å². The molecule has 88 valence electrons. The third kappa shape index (κ3) is 4.12. The number of halogens is 1. The molecule has 1 rings (SSSR count). The minimum absolute atomic E-state index is 0.267. The van der Waals surface area contributed by atoms with Crippen LogP contribution in [0.5, 0.6) is 0 Å². The second kappa shape index (κ2) is 6.97. The first kappa shape index (κ1) is 13.6. The fraction of sp³-hybridized carbons (Fsp3) is 0.333. The third-order valence-corrected chi connectivity index (χ3v) is 2.69. The molecule has 1 atom stereocenters. The van der Waals surface area contributed by atoms with Gasteiger partial charge in [0.2, 0.25) is 0 Å². The molecule has 1 unspecified atom stereocenters. The molecule has 0 heterocycles. The SMILES string of the molecule is CC#Cc1ccc(Br)cc1C(O)CCN=[N+]=[N-]. The lowest BCUT2D eigenvalue weighted by Crippen LogP contribution is -2.02. The fourth-order valence-corrected chi connectivity index (χ4v) is 1.82. The van der Waals surface area contributed by atoms with Crippen LogP contribution in [0.1, 0.15) is 30.6 Å². The third-order valence-electron chi connectivity index (χ3n) is 2.20. The van der Waals surface area contributed by atoms with E-state index in [2.05, 4.69) is 37.8 Å². The monoisotopic (exact) mass is 293 g/mol. The number of azide groups is 1. The van der Waals surface area contributed by atoms with Crippen LogP contribution in [-0.4, -0.2) is 11.7 Å². The van der Waals surface area contributed by atoms with Crippen LogP contribution in [0.3, 0.4) is 0 Å². The average Bonchev–Trinajstić information content (AvgIpc) is 2.32. The van der Waals surface area contributed by atoms with Crippen LogP contribution >= 0.6 is 15.9 Å². The standard InChI is InChI=1S/C12H12BrN3O/c1-2-3-9-4-5-10(13)8-11(9)12(17)6-7-15-16-14/h4-5,8,12,17H,6-7H2,1H3. The van der Waals surface area contributed by atoms with Gasteiger partial charge < -0.3 is 5.11 Å². The first-order valence-corrected chi connectivity index (χ1v) is 5.89. The zero-order valence-electron chi connectivity index (χ0n) is 9.39. The van der Waals surface area contributed by atoms with E-state index in [0.717, 1.165) is 15.6 Å². The topological polar surface area (TPSA) is 69.0 Å². The van der Waals surface area contributed by atoms with Crippen molar-refractivity contribution in [2.45, 2.75) is 19.4 Å². The maximum absolute atomic E-state index is 10.0. The molecule has 0 spiro atoms. The summed E-state index contributed by atoms with van der Waals surface area (Å²) in [5, 5.41) is 13.4. The van der Waals surface area contributed by atoms with E-state index < -0.39 is 6.10 Å². The Hall–Kier alpha value is -1.47. The zero-order chi connectivity index (χ0) is 12.7. The second-order valence-electron chi connectivity index (χ2n) is 3.37. The van der Waals surface area contributed by atoms with E-state index in [4.69, 9.17) is 5.53 Å². The molecule has 4 nitrogen and oxygen atoms in total.